The van der Waals surface area contributed by atoms with Crippen molar-refractivity contribution in [2.45, 2.75) is 45.2 Å². The van der Waals surface area contributed by atoms with Crippen LogP contribution in [0.2, 0.25) is 0 Å². The van der Waals surface area contributed by atoms with Gasteiger partial charge in [-0.1, -0.05) is 67.9 Å². The Labute approximate surface area is 231 Å². The average Bonchev–Trinajstić information content (AvgIpc) is 2.94. The topological polar surface area (TPSA) is 96.0 Å². The van der Waals surface area contributed by atoms with Gasteiger partial charge in [0.2, 0.25) is 11.8 Å². The van der Waals surface area contributed by atoms with Gasteiger partial charge < -0.3 is 15.0 Å². The lowest BCUT2D eigenvalue weighted by molar-refractivity contribution is -0.139. The van der Waals surface area contributed by atoms with E-state index in [1.54, 1.807) is 49.4 Å². The Morgan fingerprint density at radius 1 is 0.923 bits per heavy atom. The maximum absolute atomic E-state index is 13.9. The van der Waals surface area contributed by atoms with Gasteiger partial charge in [0.1, 0.15) is 18.3 Å². The molecule has 3 aromatic rings. The van der Waals surface area contributed by atoms with E-state index in [1.165, 1.54) is 24.1 Å². The van der Waals surface area contributed by atoms with Gasteiger partial charge in [-0.25, -0.2) is 8.42 Å². The van der Waals surface area contributed by atoms with Crippen molar-refractivity contribution in [2.75, 3.05) is 24.5 Å². The summed E-state index contributed by atoms with van der Waals surface area (Å²) in [5.41, 5.74) is 2.17. The molecule has 2 amide bonds. The predicted octanol–water partition coefficient (Wildman–Crippen LogP) is 4.39. The van der Waals surface area contributed by atoms with E-state index < -0.39 is 28.5 Å². The molecule has 0 radical (unpaired) electrons. The van der Waals surface area contributed by atoms with Crippen molar-refractivity contribution < 1.29 is 22.7 Å². The van der Waals surface area contributed by atoms with Crippen LogP contribution in [-0.2, 0) is 26.2 Å². The summed E-state index contributed by atoms with van der Waals surface area (Å²) in [4.78, 5) is 28.4. The Hall–Kier alpha value is -3.85. The number of hydrogen-bond donors (Lipinski definition) is 1. The molecule has 0 spiro atoms. The van der Waals surface area contributed by atoms with Crippen LogP contribution < -0.4 is 14.4 Å². The van der Waals surface area contributed by atoms with Crippen LogP contribution in [-0.4, -0.2) is 51.4 Å². The highest BCUT2D eigenvalue weighted by atomic mass is 32.2. The molecular weight excluding hydrogens is 514 g/mol. The molecule has 0 saturated heterocycles. The van der Waals surface area contributed by atoms with Gasteiger partial charge >= 0.3 is 0 Å². The monoisotopic (exact) mass is 551 g/mol. The first-order chi connectivity index (χ1) is 18.5. The van der Waals surface area contributed by atoms with E-state index in [0.29, 0.717) is 12.3 Å². The smallest absolute Gasteiger partial charge is 0.264 e. The van der Waals surface area contributed by atoms with Gasteiger partial charge in [-0.15, -0.1) is 0 Å². The summed E-state index contributed by atoms with van der Waals surface area (Å²) in [5.74, 6) is -0.124. The van der Waals surface area contributed by atoms with Crippen molar-refractivity contribution in [3.8, 4) is 5.75 Å². The average molecular weight is 552 g/mol. The quantitative estimate of drug-likeness (QED) is 0.360. The highest BCUT2D eigenvalue weighted by Gasteiger charge is 2.32. The van der Waals surface area contributed by atoms with Crippen LogP contribution >= 0.6 is 0 Å². The van der Waals surface area contributed by atoms with Crippen molar-refractivity contribution in [1.82, 2.24) is 10.2 Å². The third-order valence-corrected chi connectivity index (χ3v) is 8.06. The minimum atomic E-state index is -4.12. The minimum absolute atomic E-state index is 0.0495. The Morgan fingerprint density at radius 3 is 2.21 bits per heavy atom. The summed E-state index contributed by atoms with van der Waals surface area (Å²) in [6, 6.07) is 21.3. The number of sulfonamides is 1. The predicted molar refractivity (Wildman–Crippen MR) is 153 cm³/mol. The highest BCUT2D eigenvalue weighted by molar-refractivity contribution is 7.92. The summed E-state index contributed by atoms with van der Waals surface area (Å²) in [7, 11) is -2.64. The zero-order valence-electron chi connectivity index (χ0n) is 23.1. The number of hydrogen-bond acceptors (Lipinski definition) is 5. The van der Waals surface area contributed by atoms with Crippen LogP contribution in [0.15, 0.2) is 83.8 Å². The summed E-state index contributed by atoms with van der Waals surface area (Å²) in [6.07, 6.45) is 0. The maximum Gasteiger partial charge on any atom is 0.264 e. The maximum atomic E-state index is 13.9. The number of nitrogens with one attached hydrogen (secondary N) is 1. The van der Waals surface area contributed by atoms with Crippen molar-refractivity contribution in [2.24, 2.45) is 5.92 Å². The SMILES string of the molecule is COc1cccc(N(CC(=O)N(Cc2ccc(C)cc2)[C@@H](C)C(=O)NCC(C)C)S(=O)(=O)c2ccccc2)c1. The number of carbonyl (C=O) groups excluding carboxylic acids is 2. The number of rotatable bonds is 12. The van der Waals surface area contributed by atoms with E-state index >= 15 is 0 Å². The van der Waals surface area contributed by atoms with Crippen LogP contribution in [0.4, 0.5) is 5.69 Å². The number of aryl methyl sites for hydroxylation is 1. The fraction of sp³-hybridized carbons (Fsp3) is 0.333. The van der Waals surface area contributed by atoms with Crippen molar-refractivity contribution in [3.05, 3.63) is 90.0 Å². The van der Waals surface area contributed by atoms with Gasteiger partial charge in [-0.3, -0.25) is 13.9 Å². The molecule has 1 N–H and O–H groups in total. The number of methoxy groups -OCH3 is 1. The molecular formula is C30H37N3O5S. The molecule has 0 aliphatic rings. The molecule has 0 heterocycles. The largest absolute Gasteiger partial charge is 0.497 e. The fourth-order valence-electron chi connectivity index (χ4n) is 3.94. The van der Waals surface area contributed by atoms with Crippen molar-refractivity contribution in [3.63, 3.8) is 0 Å². The zero-order chi connectivity index (χ0) is 28.6. The lowest BCUT2D eigenvalue weighted by Crippen LogP contribution is -2.51. The third-order valence-electron chi connectivity index (χ3n) is 6.28. The van der Waals surface area contributed by atoms with Crippen LogP contribution in [0.25, 0.3) is 0 Å². The van der Waals surface area contributed by atoms with Gasteiger partial charge in [0, 0.05) is 19.2 Å². The fourth-order valence-corrected chi connectivity index (χ4v) is 5.37. The number of carbonyl (C=O) groups is 2. The lowest BCUT2D eigenvalue weighted by Gasteiger charge is -2.32. The van der Waals surface area contributed by atoms with Crippen LogP contribution in [0.3, 0.4) is 0 Å². The number of amides is 2. The Morgan fingerprint density at radius 2 is 1.59 bits per heavy atom. The normalized spacial score (nSPS) is 12.1. The molecule has 208 valence electrons. The molecule has 1 atom stereocenters. The van der Waals surface area contributed by atoms with E-state index in [0.717, 1.165) is 15.4 Å². The third kappa shape index (κ3) is 7.83. The molecule has 0 aliphatic carbocycles. The van der Waals surface area contributed by atoms with Crippen LogP contribution in [0.5, 0.6) is 5.75 Å². The molecule has 9 heteroatoms. The van der Waals surface area contributed by atoms with Gasteiger partial charge in [0.25, 0.3) is 10.0 Å². The highest BCUT2D eigenvalue weighted by Crippen LogP contribution is 2.27. The summed E-state index contributed by atoms with van der Waals surface area (Å²) in [6.45, 7) is 7.71. The first-order valence-electron chi connectivity index (χ1n) is 12.9. The first-order valence-corrected chi connectivity index (χ1v) is 14.3. The zero-order valence-corrected chi connectivity index (χ0v) is 23.9. The Bertz CT molecular complexity index is 1360. The molecule has 0 bridgehead atoms. The molecule has 39 heavy (non-hydrogen) atoms. The van der Waals surface area contributed by atoms with Crippen LogP contribution in [0.1, 0.15) is 31.9 Å². The summed E-state index contributed by atoms with van der Waals surface area (Å²) < 4.78 is 34.0. The molecule has 0 aromatic heterocycles. The minimum Gasteiger partial charge on any atom is -0.497 e. The molecule has 0 saturated carbocycles. The number of nitrogens with zero attached hydrogens (tertiary/aromatic N) is 2. The van der Waals surface area contributed by atoms with Gasteiger partial charge in [-0.05, 0) is 49.6 Å². The first kappa shape index (κ1) is 29.7. The van der Waals surface area contributed by atoms with E-state index in [9.17, 15) is 18.0 Å². The Balaban J connectivity index is 2.01. The van der Waals surface area contributed by atoms with Crippen molar-refractivity contribution >= 4 is 27.5 Å². The summed E-state index contributed by atoms with van der Waals surface area (Å²) >= 11 is 0. The summed E-state index contributed by atoms with van der Waals surface area (Å²) in [5, 5.41) is 2.89. The van der Waals surface area contributed by atoms with Crippen LogP contribution in [0, 0.1) is 12.8 Å². The Kier molecular flexibility index (Phi) is 10.1. The van der Waals surface area contributed by atoms with E-state index in [2.05, 4.69) is 5.32 Å². The van der Waals surface area contributed by atoms with E-state index in [1.807, 2.05) is 45.0 Å². The van der Waals surface area contributed by atoms with E-state index in [-0.39, 0.29) is 29.0 Å². The molecule has 3 rings (SSSR count). The molecule has 0 unspecified atom stereocenters. The van der Waals surface area contributed by atoms with Crippen molar-refractivity contribution in [1.29, 1.82) is 0 Å². The molecule has 3 aromatic carbocycles. The second-order valence-electron chi connectivity index (χ2n) is 9.85. The number of ether oxygens (including phenoxy) is 1. The molecule has 0 aliphatic heterocycles. The molecule has 8 nitrogen and oxygen atoms in total. The second-order valence-corrected chi connectivity index (χ2v) is 11.7. The van der Waals surface area contributed by atoms with Gasteiger partial charge in [0.15, 0.2) is 0 Å². The standard InChI is InChI=1S/C30H37N3O5S/c1-22(2)19-31-30(35)24(4)32(20-25-16-14-23(3)15-17-25)29(34)21-33(26-10-9-11-27(18-26)38-5)39(36,37)28-12-7-6-8-13-28/h6-18,22,24H,19-21H2,1-5H3,(H,31,35)/t24-/m0/s1. The van der Waals surface area contributed by atoms with E-state index in [4.69, 9.17) is 4.74 Å². The van der Waals surface area contributed by atoms with Gasteiger partial charge in [0.05, 0.1) is 17.7 Å². The second kappa shape index (κ2) is 13.3. The molecule has 0 fully saturated rings. The lowest BCUT2D eigenvalue weighted by atomic mass is 10.1. The number of benzene rings is 3. The van der Waals surface area contributed by atoms with Gasteiger partial charge in [-0.2, -0.15) is 0 Å². The number of anilines is 1.